The summed E-state index contributed by atoms with van der Waals surface area (Å²) in [5.74, 6) is 0.542. The van der Waals surface area contributed by atoms with Crippen LogP contribution in [-0.2, 0) is 6.54 Å². The summed E-state index contributed by atoms with van der Waals surface area (Å²) in [5.41, 5.74) is 1.90. The van der Waals surface area contributed by atoms with E-state index in [-0.39, 0.29) is 11.6 Å². The number of amides is 1. The number of hydrogen-bond donors (Lipinski definition) is 0. The Balaban J connectivity index is 1.82. The fourth-order valence-electron chi connectivity index (χ4n) is 3.49. The first kappa shape index (κ1) is 19.7. The molecule has 2 aromatic rings. The van der Waals surface area contributed by atoms with E-state index in [4.69, 9.17) is 4.74 Å². The minimum absolute atomic E-state index is 0.00625. The van der Waals surface area contributed by atoms with E-state index in [9.17, 15) is 14.9 Å². The second kappa shape index (κ2) is 8.73. The van der Waals surface area contributed by atoms with Gasteiger partial charge in [0.15, 0.2) is 0 Å². The van der Waals surface area contributed by atoms with Crippen LogP contribution in [-0.4, -0.2) is 42.5 Å². The van der Waals surface area contributed by atoms with Crippen molar-refractivity contribution in [2.75, 3.05) is 31.6 Å². The Hall–Kier alpha value is -3.09. The Morgan fingerprint density at radius 1 is 1.18 bits per heavy atom. The number of benzene rings is 2. The van der Waals surface area contributed by atoms with E-state index in [1.54, 1.807) is 24.1 Å². The van der Waals surface area contributed by atoms with Gasteiger partial charge in [-0.1, -0.05) is 12.1 Å². The minimum atomic E-state index is -0.399. The van der Waals surface area contributed by atoms with Gasteiger partial charge >= 0.3 is 0 Å². The van der Waals surface area contributed by atoms with Crippen molar-refractivity contribution >= 4 is 17.3 Å². The van der Waals surface area contributed by atoms with Crippen LogP contribution in [0.4, 0.5) is 11.4 Å². The van der Waals surface area contributed by atoms with Crippen molar-refractivity contribution < 1.29 is 14.5 Å². The van der Waals surface area contributed by atoms with Gasteiger partial charge in [0.1, 0.15) is 11.4 Å². The summed E-state index contributed by atoms with van der Waals surface area (Å²) < 4.78 is 5.16. The molecule has 0 aromatic heterocycles. The molecule has 1 amide bonds. The maximum Gasteiger partial charge on any atom is 0.293 e. The fraction of sp³-hybridized carbons (Fsp3) is 0.381. The van der Waals surface area contributed by atoms with E-state index >= 15 is 0 Å². The molecule has 0 bridgehead atoms. The first-order chi connectivity index (χ1) is 13.5. The molecule has 0 spiro atoms. The number of nitro groups is 1. The Kier molecular flexibility index (Phi) is 6.13. The largest absolute Gasteiger partial charge is 0.497 e. The van der Waals surface area contributed by atoms with Gasteiger partial charge in [0.25, 0.3) is 11.6 Å². The SMILES string of the molecule is CCN(Cc1ccc(OC)cc1)C(=O)c1ccc(N2CCCC2)c([N+](=O)[O-])c1. The van der Waals surface area contributed by atoms with Gasteiger partial charge < -0.3 is 14.5 Å². The normalized spacial score (nSPS) is 13.4. The highest BCUT2D eigenvalue weighted by molar-refractivity contribution is 5.95. The lowest BCUT2D eigenvalue weighted by atomic mass is 10.1. The predicted molar refractivity (Wildman–Crippen MR) is 108 cm³/mol. The zero-order chi connectivity index (χ0) is 20.1. The molecule has 1 saturated heterocycles. The smallest absolute Gasteiger partial charge is 0.293 e. The molecule has 28 heavy (non-hydrogen) atoms. The Labute approximate surface area is 164 Å². The van der Waals surface area contributed by atoms with Crippen LogP contribution >= 0.6 is 0 Å². The van der Waals surface area contributed by atoms with Gasteiger partial charge in [0.05, 0.1) is 12.0 Å². The van der Waals surface area contributed by atoms with Gasteiger partial charge in [-0.2, -0.15) is 0 Å². The Bertz CT molecular complexity index is 845. The summed E-state index contributed by atoms with van der Waals surface area (Å²) in [7, 11) is 1.61. The lowest BCUT2D eigenvalue weighted by Crippen LogP contribution is -2.30. The predicted octanol–water partition coefficient (Wildman–Crippen LogP) is 3.87. The summed E-state index contributed by atoms with van der Waals surface area (Å²) in [6.45, 7) is 4.46. The highest BCUT2D eigenvalue weighted by Gasteiger charge is 2.25. The van der Waals surface area contributed by atoms with Crippen LogP contribution in [0, 0.1) is 10.1 Å². The van der Waals surface area contributed by atoms with Gasteiger partial charge in [-0.15, -0.1) is 0 Å². The Morgan fingerprint density at radius 3 is 2.43 bits per heavy atom. The van der Waals surface area contributed by atoms with Crippen molar-refractivity contribution in [3.8, 4) is 5.75 Å². The fourth-order valence-corrected chi connectivity index (χ4v) is 3.49. The molecule has 0 atom stereocenters. The minimum Gasteiger partial charge on any atom is -0.497 e. The first-order valence-corrected chi connectivity index (χ1v) is 9.49. The standard InChI is InChI=1S/C21H25N3O4/c1-3-22(15-16-6-9-18(28-2)10-7-16)21(25)17-8-11-19(20(14-17)24(26)27)23-12-4-5-13-23/h6-11,14H,3-5,12-13,15H2,1-2H3. The lowest BCUT2D eigenvalue weighted by molar-refractivity contribution is -0.384. The van der Waals surface area contributed by atoms with Crippen molar-refractivity contribution in [2.24, 2.45) is 0 Å². The zero-order valence-corrected chi connectivity index (χ0v) is 16.3. The number of hydrogen-bond acceptors (Lipinski definition) is 5. The molecule has 7 heteroatoms. The van der Waals surface area contributed by atoms with E-state index in [0.717, 1.165) is 37.2 Å². The average Bonchev–Trinajstić information content (AvgIpc) is 3.26. The van der Waals surface area contributed by atoms with Crippen LogP contribution < -0.4 is 9.64 Å². The quantitative estimate of drug-likeness (QED) is 0.536. The van der Waals surface area contributed by atoms with Crippen LogP contribution in [0.15, 0.2) is 42.5 Å². The third-order valence-electron chi connectivity index (χ3n) is 5.07. The maximum atomic E-state index is 13.0. The highest BCUT2D eigenvalue weighted by Crippen LogP contribution is 2.32. The summed E-state index contributed by atoms with van der Waals surface area (Å²) in [6.07, 6.45) is 2.06. The topological polar surface area (TPSA) is 75.9 Å². The number of carbonyl (C=O) groups is 1. The van der Waals surface area contributed by atoms with Crippen LogP contribution in [0.2, 0.25) is 0 Å². The second-order valence-electron chi connectivity index (χ2n) is 6.82. The van der Waals surface area contributed by atoms with Crippen molar-refractivity contribution in [1.29, 1.82) is 0 Å². The van der Waals surface area contributed by atoms with Crippen LogP contribution in [0.25, 0.3) is 0 Å². The van der Waals surface area contributed by atoms with Crippen LogP contribution in [0.5, 0.6) is 5.75 Å². The summed E-state index contributed by atoms with van der Waals surface area (Å²) in [6, 6.07) is 12.3. The summed E-state index contributed by atoms with van der Waals surface area (Å²) in [4.78, 5) is 27.9. The molecule has 1 aliphatic rings. The van der Waals surface area contributed by atoms with Gasteiger partial charge in [0, 0.05) is 37.8 Å². The zero-order valence-electron chi connectivity index (χ0n) is 16.3. The molecule has 0 unspecified atom stereocenters. The average molecular weight is 383 g/mol. The van der Waals surface area contributed by atoms with E-state index < -0.39 is 4.92 Å². The number of carbonyl (C=O) groups excluding carboxylic acids is 1. The van der Waals surface area contributed by atoms with Gasteiger partial charge in [-0.3, -0.25) is 14.9 Å². The maximum absolute atomic E-state index is 13.0. The number of nitro benzene ring substituents is 1. The van der Waals surface area contributed by atoms with Gasteiger partial charge in [0.2, 0.25) is 0 Å². The number of nitrogens with zero attached hydrogens (tertiary/aromatic N) is 3. The van der Waals surface area contributed by atoms with Crippen LogP contribution in [0.3, 0.4) is 0 Å². The van der Waals surface area contributed by atoms with E-state index in [1.807, 2.05) is 36.1 Å². The third-order valence-corrected chi connectivity index (χ3v) is 5.07. The molecule has 3 rings (SSSR count). The molecule has 0 saturated carbocycles. The molecule has 148 valence electrons. The molecule has 0 N–H and O–H groups in total. The van der Waals surface area contributed by atoms with Crippen LogP contribution in [0.1, 0.15) is 35.7 Å². The number of rotatable bonds is 7. The monoisotopic (exact) mass is 383 g/mol. The van der Waals surface area contributed by atoms with Gasteiger partial charge in [-0.25, -0.2) is 0 Å². The molecular formula is C21H25N3O4. The third kappa shape index (κ3) is 4.24. The highest BCUT2D eigenvalue weighted by atomic mass is 16.6. The number of ether oxygens (including phenoxy) is 1. The van der Waals surface area contributed by atoms with E-state index in [0.29, 0.717) is 24.3 Å². The molecule has 1 aliphatic heterocycles. The number of anilines is 1. The molecule has 1 heterocycles. The molecular weight excluding hydrogens is 358 g/mol. The van der Waals surface area contributed by atoms with E-state index in [2.05, 4.69) is 0 Å². The summed E-state index contributed by atoms with van der Waals surface area (Å²) >= 11 is 0. The van der Waals surface area contributed by atoms with Crippen molar-refractivity contribution in [3.05, 3.63) is 63.7 Å². The lowest BCUT2D eigenvalue weighted by Gasteiger charge is -2.22. The Morgan fingerprint density at radius 2 is 1.86 bits per heavy atom. The number of methoxy groups -OCH3 is 1. The molecule has 1 fully saturated rings. The first-order valence-electron chi connectivity index (χ1n) is 9.49. The van der Waals surface area contributed by atoms with Crippen molar-refractivity contribution in [3.63, 3.8) is 0 Å². The van der Waals surface area contributed by atoms with Crippen molar-refractivity contribution in [2.45, 2.75) is 26.3 Å². The summed E-state index contributed by atoms with van der Waals surface area (Å²) in [5, 5.41) is 11.6. The molecule has 7 nitrogen and oxygen atoms in total. The second-order valence-corrected chi connectivity index (χ2v) is 6.82. The molecule has 0 radical (unpaired) electrons. The van der Waals surface area contributed by atoms with Gasteiger partial charge in [-0.05, 0) is 49.6 Å². The molecule has 0 aliphatic carbocycles. The van der Waals surface area contributed by atoms with Crippen molar-refractivity contribution in [1.82, 2.24) is 4.90 Å². The molecule has 2 aromatic carbocycles. The van der Waals surface area contributed by atoms with E-state index in [1.165, 1.54) is 6.07 Å².